The van der Waals surface area contributed by atoms with Crippen molar-refractivity contribution in [3.05, 3.63) is 64.7 Å². The quantitative estimate of drug-likeness (QED) is 0.436. The maximum atomic E-state index is 11.7. The lowest BCUT2D eigenvalue weighted by atomic mass is 10.2. The molecule has 0 radical (unpaired) electrons. The van der Waals surface area contributed by atoms with E-state index in [9.17, 15) is 9.59 Å². The van der Waals surface area contributed by atoms with Gasteiger partial charge in [0.25, 0.3) is 5.91 Å². The number of rotatable bonds is 8. The Morgan fingerprint density at radius 1 is 1.15 bits per heavy atom. The lowest BCUT2D eigenvalue weighted by Gasteiger charge is -2.06. The second-order valence-corrected chi connectivity index (χ2v) is 5.67. The lowest BCUT2D eigenvalue weighted by molar-refractivity contribution is -0.123. The number of hydrazone groups is 1. The molecule has 0 spiro atoms. The van der Waals surface area contributed by atoms with Gasteiger partial charge in [0.2, 0.25) is 0 Å². The molecule has 0 aliphatic rings. The van der Waals surface area contributed by atoms with Gasteiger partial charge >= 0.3 is 5.97 Å². The smallest absolute Gasteiger partial charge is 0.338 e. The molecule has 2 aromatic rings. The fourth-order valence-electron chi connectivity index (χ4n) is 1.90. The molecule has 26 heavy (non-hydrogen) atoms. The molecule has 2 rings (SSSR count). The first-order valence-corrected chi connectivity index (χ1v) is 8.44. The number of ether oxygens (including phenoxy) is 2. The van der Waals surface area contributed by atoms with Crippen LogP contribution < -0.4 is 10.2 Å². The van der Waals surface area contributed by atoms with Crippen LogP contribution in [0.5, 0.6) is 5.75 Å². The van der Waals surface area contributed by atoms with Crippen molar-refractivity contribution in [3.63, 3.8) is 0 Å². The molecule has 136 valence electrons. The summed E-state index contributed by atoms with van der Waals surface area (Å²) in [5.41, 5.74) is 3.48. The number of esters is 1. The molecule has 1 N–H and O–H groups in total. The van der Waals surface area contributed by atoms with Gasteiger partial charge in [-0.3, -0.25) is 4.79 Å². The summed E-state index contributed by atoms with van der Waals surface area (Å²) in [5, 5.41) is 4.37. The maximum Gasteiger partial charge on any atom is 0.338 e. The minimum Gasteiger partial charge on any atom is -0.484 e. The summed E-state index contributed by atoms with van der Waals surface area (Å²) in [7, 11) is 0. The second kappa shape index (κ2) is 10.2. The summed E-state index contributed by atoms with van der Waals surface area (Å²) in [5.74, 6) is -0.341. The largest absolute Gasteiger partial charge is 0.484 e. The molecule has 0 unspecified atom stereocenters. The molecule has 7 heteroatoms. The third kappa shape index (κ3) is 6.22. The van der Waals surface area contributed by atoms with Crippen molar-refractivity contribution in [2.24, 2.45) is 5.10 Å². The molecule has 6 nitrogen and oxygen atoms in total. The molecule has 0 heterocycles. The SMILES string of the molecule is CCCOC(=O)c1ccc(OCC(=O)NN=Cc2ccccc2Cl)cc1. The Bertz CT molecular complexity index is 775. The molecule has 0 bridgehead atoms. The summed E-state index contributed by atoms with van der Waals surface area (Å²) in [4.78, 5) is 23.4. The molecule has 0 aliphatic carbocycles. The monoisotopic (exact) mass is 374 g/mol. The van der Waals surface area contributed by atoms with Gasteiger partial charge < -0.3 is 9.47 Å². The maximum absolute atomic E-state index is 11.7. The molecule has 0 saturated carbocycles. The van der Waals surface area contributed by atoms with Crippen LogP contribution in [0.15, 0.2) is 53.6 Å². The molecular weight excluding hydrogens is 356 g/mol. The Morgan fingerprint density at radius 3 is 2.58 bits per heavy atom. The van der Waals surface area contributed by atoms with Crippen LogP contribution >= 0.6 is 11.6 Å². The Hall–Kier alpha value is -2.86. The average molecular weight is 375 g/mol. The van der Waals surface area contributed by atoms with E-state index in [0.717, 1.165) is 6.42 Å². The summed E-state index contributed by atoms with van der Waals surface area (Å²) in [6.07, 6.45) is 2.22. The second-order valence-electron chi connectivity index (χ2n) is 5.26. The van der Waals surface area contributed by atoms with Crippen molar-refractivity contribution in [1.29, 1.82) is 0 Å². The summed E-state index contributed by atoms with van der Waals surface area (Å²) < 4.78 is 10.4. The fourth-order valence-corrected chi connectivity index (χ4v) is 2.08. The molecule has 0 saturated heterocycles. The topological polar surface area (TPSA) is 77.0 Å². The highest BCUT2D eigenvalue weighted by molar-refractivity contribution is 6.33. The minimum atomic E-state index is -0.417. The zero-order valence-corrected chi connectivity index (χ0v) is 15.0. The van der Waals surface area contributed by atoms with Crippen LogP contribution in [0.1, 0.15) is 29.3 Å². The van der Waals surface area contributed by atoms with Crippen molar-refractivity contribution >= 4 is 29.7 Å². The molecule has 1 amide bonds. The Labute approximate surface area is 156 Å². The summed E-state index contributed by atoms with van der Waals surface area (Å²) in [6.45, 7) is 2.10. The van der Waals surface area contributed by atoms with Crippen LogP contribution in [-0.2, 0) is 9.53 Å². The Kier molecular flexibility index (Phi) is 7.64. The number of amides is 1. The highest BCUT2D eigenvalue weighted by Gasteiger charge is 2.07. The Morgan fingerprint density at radius 2 is 1.88 bits per heavy atom. The van der Waals surface area contributed by atoms with E-state index in [1.807, 2.05) is 13.0 Å². The average Bonchev–Trinajstić information content (AvgIpc) is 2.66. The number of halogens is 1. The van der Waals surface area contributed by atoms with Gasteiger partial charge in [0.1, 0.15) is 5.75 Å². The van der Waals surface area contributed by atoms with Crippen LogP contribution in [0.2, 0.25) is 5.02 Å². The van der Waals surface area contributed by atoms with Gasteiger partial charge in [-0.2, -0.15) is 5.10 Å². The highest BCUT2D eigenvalue weighted by Crippen LogP contribution is 2.13. The fraction of sp³-hybridized carbons (Fsp3) is 0.211. The molecule has 0 aliphatic heterocycles. The molecular formula is C19H19ClN2O4. The predicted molar refractivity (Wildman–Crippen MR) is 99.7 cm³/mol. The van der Waals surface area contributed by atoms with Gasteiger partial charge in [0.05, 0.1) is 18.4 Å². The molecule has 0 fully saturated rings. The normalized spacial score (nSPS) is 10.5. The van der Waals surface area contributed by atoms with Gasteiger partial charge in [-0.15, -0.1) is 0 Å². The van der Waals surface area contributed by atoms with Crippen LogP contribution in [0, 0.1) is 0 Å². The van der Waals surface area contributed by atoms with E-state index in [-0.39, 0.29) is 12.6 Å². The van der Waals surface area contributed by atoms with E-state index in [1.165, 1.54) is 6.21 Å². The van der Waals surface area contributed by atoms with Gasteiger partial charge in [0, 0.05) is 10.6 Å². The zero-order valence-electron chi connectivity index (χ0n) is 14.3. The predicted octanol–water partition coefficient (Wildman–Crippen LogP) is 3.44. The van der Waals surface area contributed by atoms with E-state index in [0.29, 0.717) is 28.5 Å². The number of carbonyl (C=O) groups is 2. The molecule has 0 atom stereocenters. The summed E-state index contributed by atoms with van der Waals surface area (Å²) in [6, 6.07) is 13.5. The van der Waals surface area contributed by atoms with Gasteiger partial charge in [-0.1, -0.05) is 36.7 Å². The molecule has 2 aromatic carbocycles. The highest BCUT2D eigenvalue weighted by atomic mass is 35.5. The van der Waals surface area contributed by atoms with Crippen LogP contribution in [0.3, 0.4) is 0 Å². The standard InChI is InChI=1S/C19H19ClN2O4/c1-2-11-25-19(24)14-7-9-16(10-8-14)26-13-18(23)22-21-12-15-5-3-4-6-17(15)20/h3-10,12H,2,11,13H2,1H3,(H,22,23). The van der Waals surface area contributed by atoms with Crippen LogP contribution in [0.4, 0.5) is 0 Å². The van der Waals surface area contributed by atoms with Gasteiger partial charge in [-0.25, -0.2) is 10.2 Å². The van der Waals surface area contributed by atoms with E-state index >= 15 is 0 Å². The minimum absolute atomic E-state index is 0.209. The van der Waals surface area contributed by atoms with Crippen LogP contribution in [0.25, 0.3) is 0 Å². The van der Waals surface area contributed by atoms with Crippen molar-refractivity contribution in [3.8, 4) is 5.75 Å². The number of benzene rings is 2. The first-order valence-electron chi connectivity index (χ1n) is 8.06. The number of hydrogen-bond acceptors (Lipinski definition) is 5. The third-order valence-corrected chi connectivity index (χ3v) is 3.54. The van der Waals surface area contributed by atoms with E-state index < -0.39 is 5.91 Å². The van der Waals surface area contributed by atoms with E-state index in [1.54, 1.807) is 42.5 Å². The first-order chi connectivity index (χ1) is 12.6. The van der Waals surface area contributed by atoms with E-state index in [2.05, 4.69) is 10.5 Å². The lowest BCUT2D eigenvalue weighted by Crippen LogP contribution is -2.24. The number of nitrogens with one attached hydrogen (secondary N) is 1. The van der Waals surface area contributed by atoms with E-state index in [4.69, 9.17) is 21.1 Å². The Balaban J connectivity index is 1.78. The van der Waals surface area contributed by atoms with Crippen molar-refractivity contribution < 1.29 is 19.1 Å². The van der Waals surface area contributed by atoms with Crippen molar-refractivity contribution in [1.82, 2.24) is 5.43 Å². The zero-order chi connectivity index (χ0) is 18.8. The van der Waals surface area contributed by atoms with Crippen LogP contribution in [-0.4, -0.2) is 31.3 Å². The number of carbonyl (C=O) groups excluding carboxylic acids is 2. The number of hydrogen-bond donors (Lipinski definition) is 1. The van der Waals surface area contributed by atoms with Gasteiger partial charge in [0.15, 0.2) is 6.61 Å². The van der Waals surface area contributed by atoms with Crippen molar-refractivity contribution in [2.75, 3.05) is 13.2 Å². The summed E-state index contributed by atoms with van der Waals surface area (Å²) >= 11 is 5.98. The third-order valence-electron chi connectivity index (χ3n) is 3.20. The van der Waals surface area contributed by atoms with Crippen molar-refractivity contribution in [2.45, 2.75) is 13.3 Å². The first kappa shape index (κ1) is 19.5. The van der Waals surface area contributed by atoms with Gasteiger partial charge in [-0.05, 0) is 36.8 Å². The molecule has 0 aromatic heterocycles. The number of nitrogens with zero attached hydrogens (tertiary/aromatic N) is 1.